The summed E-state index contributed by atoms with van der Waals surface area (Å²) in [6.45, 7) is 1.19. The Labute approximate surface area is 167 Å². The first-order valence-electron chi connectivity index (χ1n) is 8.68. The van der Waals surface area contributed by atoms with Crippen molar-refractivity contribution in [2.75, 3.05) is 30.8 Å². The number of hydroxylamine groups is 3. The summed E-state index contributed by atoms with van der Waals surface area (Å²) in [5.74, 6) is 0.692. The van der Waals surface area contributed by atoms with Crippen molar-refractivity contribution in [2.24, 2.45) is 0 Å². The van der Waals surface area contributed by atoms with Gasteiger partial charge in [0.15, 0.2) is 11.5 Å². The minimum Gasteiger partial charge on any atom is -0.488 e. The summed E-state index contributed by atoms with van der Waals surface area (Å²) in [7, 11) is 1.77. The van der Waals surface area contributed by atoms with Crippen LogP contribution in [0.3, 0.4) is 0 Å². The molecule has 0 saturated carbocycles. The summed E-state index contributed by atoms with van der Waals surface area (Å²) >= 11 is 6.06. The molecule has 1 aliphatic heterocycles. The SMILES string of the molecule is C[N+]1(O)CCC(Oc2ccc(Cl)cc2NC(=O)Nc2cnc(C#N)cn2)CC1. The molecule has 2 amide bonds. The lowest BCUT2D eigenvalue weighted by Crippen LogP contribution is -2.49. The van der Waals surface area contributed by atoms with Crippen molar-refractivity contribution in [3.05, 3.63) is 41.3 Å². The highest BCUT2D eigenvalue weighted by Crippen LogP contribution is 2.31. The van der Waals surface area contributed by atoms with Gasteiger partial charge in [-0.05, 0) is 18.2 Å². The Morgan fingerprint density at radius 2 is 2.07 bits per heavy atom. The minimum atomic E-state index is -0.547. The van der Waals surface area contributed by atoms with Crippen molar-refractivity contribution in [3.8, 4) is 11.8 Å². The summed E-state index contributed by atoms with van der Waals surface area (Å²) in [6, 6.07) is 6.28. The zero-order chi connectivity index (χ0) is 20.1. The summed E-state index contributed by atoms with van der Waals surface area (Å²) in [6.07, 6.45) is 3.89. The molecule has 0 atom stereocenters. The topological polar surface area (TPSA) is 120 Å². The van der Waals surface area contributed by atoms with Crippen LogP contribution >= 0.6 is 11.6 Å². The molecule has 1 fully saturated rings. The van der Waals surface area contributed by atoms with Crippen LogP contribution in [0.4, 0.5) is 16.3 Å². The van der Waals surface area contributed by atoms with Crippen LogP contribution in [0.25, 0.3) is 0 Å². The van der Waals surface area contributed by atoms with E-state index in [1.807, 2.05) is 6.07 Å². The number of piperidine rings is 1. The standard InChI is InChI=1S/C18H19ClN6O3/c1-25(27)6-4-14(5-7-25)28-16-3-2-12(19)8-15(16)23-18(26)24-17-11-21-13(9-20)10-22-17/h2-3,8,10-11,14,27H,4-7H2,1H3,(H-,22,23,24,26)/p+1. The number of anilines is 2. The summed E-state index contributed by atoms with van der Waals surface area (Å²) in [4.78, 5) is 20.1. The van der Waals surface area contributed by atoms with Crippen molar-refractivity contribution in [3.63, 3.8) is 0 Å². The Morgan fingerprint density at radius 1 is 1.32 bits per heavy atom. The lowest BCUT2D eigenvalue weighted by Gasteiger charge is -2.33. The van der Waals surface area contributed by atoms with Gasteiger partial charge in [-0.1, -0.05) is 11.6 Å². The minimum absolute atomic E-state index is 0.0143. The fourth-order valence-electron chi connectivity index (χ4n) is 2.82. The number of rotatable bonds is 4. The molecule has 1 aromatic heterocycles. The molecule has 10 heteroatoms. The van der Waals surface area contributed by atoms with Crippen LogP contribution in [0.15, 0.2) is 30.6 Å². The van der Waals surface area contributed by atoms with E-state index in [1.165, 1.54) is 12.4 Å². The van der Waals surface area contributed by atoms with Crippen LogP contribution in [-0.2, 0) is 0 Å². The van der Waals surface area contributed by atoms with E-state index >= 15 is 0 Å². The van der Waals surface area contributed by atoms with E-state index < -0.39 is 6.03 Å². The summed E-state index contributed by atoms with van der Waals surface area (Å²) in [5, 5.41) is 24.4. The number of quaternary nitrogens is 1. The molecular weight excluding hydrogens is 384 g/mol. The first-order valence-corrected chi connectivity index (χ1v) is 9.06. The van der Waals surface area contributed by atoms with Gasteiger partial charge in [0.05, 0.1) is 25.1 Å². The molecule has 2 aromatic rings. The number of halogens is 1. The molecule has 3 rings (SSSR count). The normalized spacial score (nSPS) is 21.4. The van der Waals surface area contributed by atoms with E-state index in [9.17, 15) is 10.0 Å². The number of nitrogens with one attached hydrogen (secondary N) is 2. The number of urea groups is 1. The summed E-state index contributed by atoms with van der Waals surface area (Å²) < 4.78 is 6.02. The number of amides is 2. The number of hydrogen-bond acceptors (Lipinski definition) is 6. The average molecular weight is 404 g/mol. The van der Waals surface area contributed by atoms with E-state index in [4.69, 9.17) is 21.6 Å². The highest BCUT2D eigenvalue weighted by molar-refractivity contribution is 6.31. The Kier molecular flexibility index (Phi) is 5.94. The van der Waals surface area contributed by atoms with Gasteiger partial charge in [-0.25, -0.2) is 20.0 Å². The molecular formula is C18H20ClN6O3+. The Morgan fingerprint density at radius 3 is 2.71 bits per heavy atom. The maximum Gasteiger partial charge on any atom is 0.325 e. The smallest absolute Gasteiger partial charge is 0.325 e. The molecule has 28 heavy (non-hydrogen) atoms. The highest BCUT2D eigenvalue weighted by atomic mass is 35.5. The molecule has 0 aliphatic carbocycles. The number of nitrogens with zero attached hydrogens (tertiary/aromatic N) is 4. The first-order chi connectivity index (χ1) is 13.3. The number of ether oxygens (including phenoxy) is 1. The van der Waals surface area contributed by atoms with Crippen LogP contribution in [0.1, 0.15) is 18.5 Å². The largest absolute Gasteiger partial charge is 0.488 e. The second-order valence-corrected chi connectivity index (χ2v) is 7.16. The van der Waals surface area contributed by atoms with E-state index in [-0.39, 0.29) is 22.3 Å². The van der Waals surface area contributed by atoms with Gasteiger partial charge in [0.1, 0.15) is 31.0 Å². The number of hydrogen-bond donors (Lipinski definition) is 3. The van der Waals surface area contributed by atoms with Crippen LogP contribution in [0, 0.1) is 11.3 Å². The zero-order valence-electron chi connectivity index (χ0n) is 15.2. The lowest BCUT2D eigenvalue weighted by molar-refractivity contribution is -1.09. The third-order valence-corrected chi connectivity index (χ3v) is 4.59. The van der Waals surface area contributed by atoms with Gasteiger partial charge in [-0.15, -0.1) is 0 Å². The van der Waals surface area contributed by atoms with Crippen molar-refractivity contribution >= 4 is 29.1 Å². The molecule has 0 spiro atoms. The van der Waals surface area contributed by atoms with Crippen LogP contribution in [0.2, 0.25) is 5.02 Å². The predicted molar refractivity (Wildman–Crippen MR) is 102 cm³/mol. The monoisotopic (exact) mass is 403 g/mol. The van der Waals surface area contributed by atoms with Gasteiger partial charge in [0.25, 0.3) is 0 Å². The maximum atomic E-state index is 12.3. The molecule has 0 radical (unpaired) electrons. The molecule has 1 aliphatic rings. The first kappa shape index (κ1) is 19.8. The Balaban J connectivity index is 1.66. The molecule has 1 saturated heterocycles. The van der Waals surface area contributed by atoms with E-state index in [2.05, 4.69) is 20.6 Å². The quantitative estimate of drug-likeness (QED) is 0.675. The molecule has 0 bridgehead atoms. The number of aromatic nitrogens is 2. The van der Waals surface area contributed by atoms with Crippen LogP contribution in [0.5, 0.6) is 5.75 Å². The van der Waals surface area contributed by atoms with Gasteiger partial charge in [-0.3, -0.25) is 5.32 Å². The fourth-order valence-corrected chi connectivity index (χ4v) is 2.99. The van der Waals surface area contributed by atoms with Crippen molar-refractivity contribution in [2.45, 2.75) is 18.9 Å². The highest BCUT2D eigenvalue weighted by Gasteiger charge is 2.30. The van der Waals surface area contributed by atoms with Crippen LogP contribution < -0.4 is 15.4 Å². The molecule has 2 heterocycles. The molecule has 3 N–H and O–H groups in total. The van der Waals surface area contributed by atoms with Crippen molar-refractivity contribution < 1.29 is 19.4 Å². The van der Waals surface area contributed by atoms with E-state index in [1.54, 1.807) is 25.2 Å². The number of likely N-dealkylation sites (tertiary alicyclic amines) is 1. The van der Waals surface area contributed by atoms with Gasteiger partial charge in [-0.2, -0.15) is 9.91 Å². The van der Waals surface area contributed by atoms with E-state index in [0.29, 0.717) is 42.4 Å². The van der Waals surface area contributed by atoms with Crippen molar-refractivity contribution in [1.29, 1.82) is 5.26 Å². The van der Waals surface area contributed by atoms with Gasteiger partial charge < -0.3 is 10.1 Å². The number of carbonyl (C=O) groups is 1. The zero-order valence-corrected chi connectivity index (χ0v) is 16.0. The maximum absolute atomic E-state index is 12.3. The summed E-state index contributed by atoms with van der Waals surface area (Å²) in [5.41, 5.74) is 0.569. The second kappa shape index (κ2) is 8.39. The molecule has 9 nitrogen and oxygen atoms in total. The van der Waals surface area contributed by atoms with Crippen molar-refractivity contribution in [1.82, 2.24) is 9.97 Å². The Hall–Kier alpha value is -2.93. The molecule has 0 unspecified atom stereocenters. The molecule has 1 aromatic carbocycles. The number of nitriles is 1. The second-order valence-electron chi connectivity index (χ2n) is 6.72. The van der Waals surface area contributed by atoms with Gasteiger partial charge in [0.2, 0.25) is 0 Å². The number of carbonyl (C=O) groups excluding carboxylic acids is 1. The average Bonchev–Trinajstić information content (AvgIpc) is 2.66. The van der Waals surface area contributed by atoms with Gasteiger partial charge >= 0.3 is 6.03 Å². The third-order valence-electron chi connectivity index (χ3n) is 4.36. The fraction of sp³-hybridized carbons (Fsp3) is 0.333. The van der Waals surface area contributed by atoms with E-state index in [0.717, 1.165) is 0 Å². The lowest BCUT2D eigenvalue weighted by atomic mass is 10.1. The predicted octanol–water partition coefficient (Wildman–Crippen LogP) is 3.02. The number of benzene rings is 1. The Bertz CT molecular complexity index is 887. The molecule has 146 valence electrons. The van der Waals surface area contributed by atoms with Gasteiger partial charge in [0, 0.05) is 17.9 Å². The third kappa shape index (κ3) is 5.29. The van der Waals surface area contributed by atoms with Crippen LogP contribution in [-0.4, -0.2) is 52.1 Å².